The highest BCUT2D eigenvalue weighted by atomic mass is 19.4. The van der Waals surface area contributed by atoms with Crippen LogP contribution in [-0.4, -0.2) is 64.9 Å². The number of nitrogens with zero attached hydrogens (tertiary/aromatic N) is 1. The number of benzene rings is 2. The highest BCUT2D eigenvalue weighted by molar-refractivity contribution is 5.97. The van der Waals surface area contributed by atoms with E-state index in [1.807, 2.05) is 6.07 Å². The van der Waals surface area contributed by atoms with Crippen molar-refractivity contribution in [3.05, 3.63) is 76.9 Å². The summed E-state index contributed by atoms with van der Waals surface area (Å²) in [5.41, 5.74) is 0.231. The highest BCUT2D eigenvalue weighted by Crippen LogP contribution is 2.47. The van der Waals surface area contributed by atoms with Gasteiger partial charge in [-0.2, -0.15) is 13.2 Å². The molecule has 2 aromatic carbocycles. The zero-order chi connectivity index (χ0) is 26.3. The van der Waals surface area contributed by atoms with Gasteiger partial charge < -0.3 is 25.2 Å². The third kappa shape index (κ3) is 4.95. The van der Waals surface area contributed by atoms with Gasteiger partial charge in [0.1, 0.15) is 18.0 Å². The Balaban J connectivity index is 1.52. The molecule has 2 aromatic rings. The first-order valence-electron chi connectivity index (χ1n) is 12.2. The number of fused-ring (bicyclic) bond motifs is 3. The van der Waals surface area contributed by atoms with Crippen LogP contribution in [0.5, 0.6) is 5.75 Å². The Hall–Kier alpha value is -3.37. The quantitative estimate of drug-likeness (QED) is 0.526. The third-order valence-electron chi connectivity index (χ3n) is 7.11. The van der Waals surface area contributed by atoms with Gasteiger partial charge in [0.15, 0.2) is 0 Å². The fourth-order valence-corrected chi connectivity index (χ4v) is 5.08. The van der Waals surface area contributed by atoms with E-state index >= 15 is 0 Å². The number of amides is 2. The summed E-state index contributed by atoms with van der Waals surface area (Å²) in [6.45, 7) is 0.0555. The Morgan fingerprint density at radius 2 is 1.78 bits per heavy atom. The standard InChI is InChI=1S/C27H27F3N2O5/c28-27(29,30)17-9-7-16(8-10-17)26(36)32(14-15-5-6-15)20-13-19(25(35)31-11-12-33)22-18-3-1-2-4-21(18)37-24(22)23(20)34/h1-4,7-10,13,15,20,22-24,33-34H,5-6,11-12,14H2,(H,31,35). The van der Waals surface area contributed by atoms with Gasteiger partial charge in [-0.3, -0.25) is 9.59 Å². The largest absolute Gasteiger partial charge is 0.486 e. The molecule has 4 unspecified atom stereocenters. The predicted molar refractivity (Wildman–Crippen MR) is 127 cm³/mol. The molecular formula is C27H27F3N2O5. The van der Waals surface area contributed by atoms with Crippen LogP contribution in [0.4, 0.5) is 13.2 Å². The zero-order valence-corrected chi connectivity index (χ0v) is 19.8. The van der Waals surface area contributed by atoms with Crippen LogP contribution in [0.2, 0.25) is 0 Å². The number of carbonyl (C=O) groups excluding carboxylic acids is 2. The molecule has 1 aliphatic heterocycles. The molecule has 0 spiro atoms. The first-order valence-corrected chi connectivity index (χ1v) is 12.2. The van der Waals surface area contributed by atoms with Crippen molar-refractivity contribution in [2.45, 2.75) is 43.2 Å². The molecule has 4 atom stereocenters. The molecular weight excluding hydrogens is 489 g/mol. The maximum Gasteiger partial charge on any atom is 0.416 e. The van der Waals surface area contributed by atoms with E-state index in [4.69, 9.17) is 4.74 Å². The number of para-hydroxylation sites is 1. The Morgan fingerprint density at radius 3 is 2.43 bits per heavy atom. The van der Waals surface area contributed by atoms with Gasteiger partial charge in [-0.1, -0.05) is 18.2 Å². The summed E-state index contributed by atoms with van der Waals surface area (Å²) in [7, 11) is 0. The average molecular weight is 517 g/mol. The maximum atomic E-state index is 13.6. The van der Waals surface area contributed by atoms with Crippen LogP contribution in [0.1, 0.15) is 40.2 Å². The Labute approximate surface area is 211 Å². The molecule has 1 saturated carbocycles. The number of hydrogen-bond acceptors (Lipinski definition) is 5. The summed E-state index contributed by atoms with van der Waals surface area (Å²) in [6.07, 6.45) is -3.22. The number of alkyl halides is 3. The SMILES string of the molecule is O=C(NCCO)C1=CC(N(CC2CC2)C(=O)c2ccc(C(F)(F)F)cc2)C(O)C2Oc3ccccc3C12. The average Bonchev–Trinajstić information content (AvgIpc) is 3.63. The van der Waals surface area contributed by atoms with E-state index in [9.17, 15) is 33.0 Å². The molecule has 3 aliphatic rings. The van der Waals surface area contributed by atoms with Crippen molar-refractivity contribution in [3.63, 3.8) is 0 Å². The summed E-state index contributed by atoms with van der Waals surface area (Å²) in [5, 5.41) is 23.3. The molecule has 5 rings (SSSR count). The molecule has 1 fully saturated rings. The summed E-state index contributed by atoms with van der Waals surface area (Å²) in [5.74, 6) is -0.837. The number of aliphatic hydroxyl groups excluding tert-OH is 2. The Bertz CT molecular complexity index is 1210. The number of hydrogen-bond donors (Lipinski definition) is 3. The van der Waals surface area contributed by atoms with Crippen LogP contribution >= 0.6 is 0 Å². The van der Waals surface area contributed by atoms with Crippen molar-refractivity contribution < 1.29 is 37.7 Å². The summed E-state index contributed by atoms with van der Waals surface area (Å²) >= 11 is 0. The molecule has 7 nitrogen and oxygen atoms in total. The third-order valence-corrected chi connectivity index (χ3v) is 7.11. The molecule has 0 bridgehead atoms. The van der Waals surface area contributed by atoms with E-state index in [0.717, 1.165) is 42.7 Å². The smallest absolute Gasteiger partial charge is 0.416 e. The van der Waals surface area contributed by atoms with Gasteiger partial charge in [-0.05, 0) is 55.2 Å². The summed E-state index contributed by atoms with van der Waals surface area (Å²) in [6, 6.07) is 10.2. The van der Waals surface area contributed by atoms with E-state index in [2.05, 4.69) is 5.32 Å². The maximum absolute atomic E-state index is 13.6. The number of halogens is 3. The lowest BCUT2D eigenvalue weighted by molar-refractivity contribution is -0.137. The number of carbonyl (C=O) groups is 2. The van der Waals surface area contributed by atoms with Crippen molar-refractivity contribution in [1.29, 1.82) is 0 Å². The second kappa shape index (κ2) is 9.83. The second-order valence-electron chi connectivity index (χ2n) is 9.66. The van der Waals surface area contributed by atoms with Crippen LogP contribution in [0.3, 0.4) is 0 Å². The highest BCUT2D eigenvalue weighted by Gasteiger charge is 2.51. The van der Waals surface area contributed by atoms with Gasteiger partial charge in [-0.25, -0.2) is 0 Å². The van der Waals surface area contributed by atoms with Crippen molar-refractivity contribution in [2.75, 3.05) is 19.7 Å². The van der Waals surface area contributed by atoms with E-state index in [-0.39, 0.29) is 31.2 Å². The lowest BCUT2D eigenvalue weighted by atomic mass is 9.77. The topological polar surface area (TPSA) is 99.1 Å². The minimum absolute atomic E-state index is 0.0273. The molecule has 0 radical (unpaired) electrons. The fourth-order valence-electron chi connectivity index (χ4n) is 5.08. The molecule has 37 heavy (non-hydrogen) atoms. The van der Waals surface area contributed by atoms with Crippen LogP contribution in [0.25, 0.3) is 0 Å². The minimum atomic E-state index is -4.53. The lowest BCUT2D eigenvalue weighted by Crippen LogP contribution is -2.56. The fraction of sp³-hybridized carbons (Fsp3) is 0.407. The second-order valence-corrected chi connectivity index (χ2v) is 9.66. The molecule has 2 aliphatic carbocycles. The van der Waals surface area contributed by atoms with Gasteiger partial charge in [0.05, 0.1) is 24.1 Å². The van der Waals surface area contributed by atoms with Gasteiger partial charge >= 0.3 is 6.18 Å². The van der Waals surface area contributed by atoms with Gasteiger partial charge in [-0.15, -0.1) is 0 Å². The molecule has 10 heteroatoms. The molecule has 2 amide bonds. The van der Waals surface area contributed by atoms with E-state index < -0.39 is 47.7 Å². The van der Waals surface area contributed by atoms with E-state index in [1.54, 1.807) is 24.3 Å². The summed E-state index contributed by atoms with van der Waals surface area (Å²) in [4.78, 5) is 28.2. The molecule has 1 heterocycles. The van der Waals surface area contributed by atoms with Crippen molar-refractivity contribution in [2.24, 2.45) is 5.92 Å². The van der Waals surface area contributed by atoms with Crippen LogP contribution in [0, 0.1) is 5.92 Å². The van der Waals surface area contributed by atoms with Crippen molar-refractivity contribution in [1.82, 2.24) is 10.2 Å². The van der Waals surface area contributed by atoms with Crippen LogP contribution < -0.4 is 10.1 Å². The minimum Gasteiger partial charge on any atom is -0.486 e. The van der Waals surface area contributed by atoms with Crippen molar-refractivity contribution >= 4 is 11.8 Å². The van der Waals surface area contributed by atoms with Gasteiger partial charge in [0.25, 0.3) is 5.91 Å². The number of aliphatic hydroxyl groups is 2. The normalized spacial score (nSPS) is 24.4. The van der Waals surface area contributed by atoms with Gasteiger partial charge in [0, 0.05) is 29.8 Å². The number of rotatable bonds is 7. The molecule has 3 N–H and O–H groups in total. The number of nitrogens with one attached hydrogen (secondary N) is 1. The van der Waals surface area contributed by atoms with E-state index in [1.165, 1.54) is 4.90 Å². The first-order chi connectivity index (χ1) is 17.7. The molecule has 0 aromatic heterocycles. The molecule has 196 valence electrons. The summed E-state index contributed by atoms with van der Waals surface area (Å²) < 4.78 is 45.2. The van der Waals surface area contributed by atoms with E-state index in [0.29, 0.717) is 11.3 Å². The Morgan fingerprint density at radius 1 is 1.08 bits per heavy atom. The molecule has 0 saturated heterocycles. The van der Waals surface area contributed by atoms with Gasteiger partial charge in [0.2, 0.25) is 5.91 Å². The van der Waals surface area contributed by atoms with Crippen LogP contribution in [-0.2, 0) is 11.0 Å². The first kappa shape index (κ1) is 25.3. The predicted octanol–water partition coefficient (Wildman–Crippen LogP) is 2.88. The number of ether oxygens (including phenoxy) is 1. The van der Waals surface area contributed by atoms with Crippen LogP contribution in [0.15, 0.2) is 60.2 Å². The van der Waals surface area contributed by atoms with Crippen molar-refractivity contribution in [3.8, 4) is 5.75 Å². The monoisotopic (exact) mass is 516 g/mol. The zero-order valence-electron chi connectivity index (χ0n) is 19.8. The Kier molecular flexibility index (Phi) is 6.72. The lowest BCUT2D eigenvalue weighted by Gasteiger charge is -2.41.